The lowest BCUT2D eigenvalue weighted by Gasteiger charge is -2.19. The fourth-order valence-electron chi connectivity index (χ4n) is 2.20. The van der Waals surface area contributed by atoms with Crippen molar-refractivity contribution in [3.63, 3.8) is 0 Å². The van der Waals surface area contributed by atoms with Crippen molar-refractivity contribution >= 4 is 29.9 Å². The Morgan fingerprint density at radius 3 is 2.52 bits per heavy atom. The number of halogens is 1. The molecule has 0 fully saturated rings. The molecule has 130 valence electrons. The van der Waals surface area contributed by atoms with Crippen LogP contribution in [0.3, 0.4) is 0 Å². The predicted octanol–water partition coefficient (Wildman–Crippen LogP) is 3.18. The standard InChI is InChI=1S/C17H27N3O2.HI/c1-17(2,3)8-10-20-16(18-4)19-9-7-13-5-6-14-15(11-13)22-12-21-14;/h5-6,11H,7-10,12H2,1-4H3,(H2,18,19,20);1H. The van der Waals surface area contributed by atoms with Gasteiger partial charge in [0.2, 0.25) is 6.79 Å². The number of aliphatic imine (C=N–C) groups is 1. The largest absolute Gasteiger partial charge is 0.454 e. The highest BCUT2D eigenvalue weighted by Crippen LogP contribution is 2.32. The molecule has 0 amide bonds. The summed E-state index contributed by atoms with van der Waals surface area (Å²) in [7, 11) is 1.80. The van der Waals surface area contributed by atoms with Gasteiger partial charge in [-0.1, -0.05) is 26.8 Å². The number of nitrogens with zero attached hydrogens (tertiary/aromatic N) is 1. The lowest BCUT2D eigenvalue weighted by Crippen LogP contribution is -2.39. The predicted molar refractivity (Wildman–Crippen MR) is 105 cm³/mol. The highest BCUT2D eigenvalue weighted by Gasteiger charge is 2.13. The maximum absolute atomic E-state index is 5.39. The zero-order valence-corrected chi connectivity index (χ0v) is 16.8. The number of nitrogens with one attached hydrogen (secondary N) is 2. The van der Waals surface area contributed by atoms with Gasteiger partial charge in [-0.3, -0.25) is 4.99 Å². The summed E-state index contributed by atoms with van der Waals surface area (Å²) in [4.78, 5) is 4.25. The molecular weight excluding hydrogens is 405 g/mol. The zero-order valence-electron chi connectivity index (χ0n) is 14.4. The summed E-state index contributed by atoms with van der Waals surface area (Å²) >= 11 is 0. The molecule has 2 N–H and O–H groups in total. The fourth-order valence-corrected chi connectivity index (χ4v) is 2.20. The SMILES string of the molecule is CN=C(NCCc1ccc2c(c1)OCO2)NCCC(C)(C)C.I. The summed E-state index contributed by atoms with van der Waals surface area (Å²) < 4.78 is 10.7. The van der Waals surface area contributed by atoms with Crippen LogP contribution in [0, 0.1) is 5.41 Å². The van der Waals surface area contributed by atoms with Crippen molar-refractivity contribution in [1.82, 2.24) is 10.6 Å². The Morgan fingerprint density at radius 2 is 1.83 bits per heavy atom. The van der Waals surface area contributed by atoms with Gasteiger partial charge in [0.25, 0.3) is 0 Å². The number of hydrogen-bond acceptors (Lipinski definition) is 3. The first-order valence-electron chi connectivity index (χ1n) is 7.81. The molecule has 1 aliphatic rings. The third-order valence-corrected chi connectivity index (χ3v) is 3.53. The molecule has 0 saturated carbocycles. The first kappa shape index (κ1) is 19.9. The fraction of sp³-hybridized carbons (Fsp3) is 0.588. The van der Waals surface area contributed by atoms with Gasteiger partial charge in [-0.2, -0.15) is 0 Å². The van der Waals surface area contributed by atoms with E-state index in [0.29, 0.717) is 12.2 Å². The quantitative estimate of drug-likeness (QED) is 0.426. The topological polar surface area (TPSA) is 54.9 Å². The van der Waals surface area contributed by atoms with E-state index < -0.39 is 0 Å². The van der Waals surface area contributed by atoms with Crippen molar-refractivity contribution in [1.29, 1.82) is 0 Å². The number of ether oxygens (including phenoxy) is 2. The summed E-state index contributed by atoms with van der Waals surface area (Å²) in [5.74, 6) is 2.52. The highest BCUT2D eigenvalue weighted by molar-refractivity contribution is 14.0. The van der Waals surface area contributed by atoms with Crippen molar-refractivity contribution in [2.24, 2.45) is 10.4 Å². The van der Waals surface area contributed by atoms with E-state index in [1.165, 1.54) is 5.56 Å². The number of rotatable bonds is 5. The van der Waals surface area contributed by atoms with Gasteiger partial charge >= 0.3 is 0 Å². The maximum Gasteiger partial charge on any atom is 0.231 e. The van der Waals surface area contributed by atoms with Crippen LogP contribution in [-0.4, -0.2) is 32.9 Å². The Morgan fingerprint density at radius 1 is 1.13 bits per heavy atom. The van der Waals surface area contributed by atoms with Gasteiger partial charge in [0, 0.05) is 20.1 Å². The van der Waals surface area contributed by atoms with Crippen molar-refractivity contribution in [3.8, 4) is 11.5 Å². The van der Waals surface area contributed by atoms with E-state index in [0.717, 1.165) is 43.4 Å². The number of benzene rings is 1. The minimum absolute atomic E-state index is 0. The molecule has 0 bridgehead atoms. The van der Waals surface area contributed by atoms with E-state index in [2.05, 4.69) is 42.5 Å². The lowest BCUT2D eigenvalue weighted by molar-refractivity contribution is 0.174. The molecule has 0 atom stereocenters. The van der Waals surface area contributed by atoms with Gasteiger partial charge in [0.05, 0.1) is 0 Å². The Bertz CT molecular complexity index is 527. The average Bonchev–Trinajstić information content (AvgIpc) is 2.92. The summed E-state index contributed by atoms with van der Waals surface area (Å²) in [5.41, 5.74) is 1.56. The minimum atomic E-state index is 0. The van der Waals surface area contributed by atoms with Crippen LogP contribution in [0.15, 0.2) is 23.2 Å². The molecule has 1 aromatic rings. The molecule has 5 nitrogen and oxygen atoms in total. The lowest BCUT2D eigenvalue weighted by atomic mass is 9.92. The van der Waals surface area contributed by atoms with E-state index >= 15 is 0 Å². The normalized spacial score (nSPS) is 13.5. The van der Waals surface area contributed by atoms with E-state index in [9.17, 15) is 0 Å². The van der Waals surface area contributed by atoms with E-state index in [4.69, 9.17) is 9.47 Å². The second-order valence-corrected chi connectivity index (χ2v) is 6.67. The number of fused-ring (bicyclic) bond motifs is 1. The van der Waals surface area contributed by atoms with Crippen molar-refractivity contribution < 1.29 is 9.47 Å². The molecule has 1 aromatic carbocycles. The Labute approximate surface area is 156 Å². The van der Waals surface area contributed by atoms with Crippen LogP contribution in [0.5, 0.6) is 11.5 Å². The molecule has 0 spiro atoms. The van der Waals surface area contributed by atoms with Crippen molar-refractivity contribution in [2.45, 2.75) is 33.6 Å². The van der Waals surface area contributed by atoms with Crippen LogP contribution in [-0.2, 0) is 6.42 Å². The Balaban J connectivity index is 0.00000264. The average molecular weight is 433 g/mol. The zero-order chi connectivity index (χ0) is 16.0. The third-order valence-electron chi connectivity index (χ3n) is 3.53. The number of hydrogen-bond donors (Lipinski definition) is 2. The summed E-state index contributed by atoms with van der Waals surface area (Å²) in [6, 6.07) is 6.08. The monoisotopic (exact) mass is 433 g/mol. The van der Waals surface area contributed by atoms with E-state index in [1.54, 1.807) is 7.05 Å². The molecule has 0 unspecified atom stereocenters. The van der Waals surface area contributed by atoms with Crippen LogP contribution in [0.2, 0.25) is 0 Å². The van der Waals surface area contributed by atoms with Gasteiger partial charge in [0.1, 0.15) is 0 Å². The van der Waals surface area contributed by atoms with E-state index in [-0.39, 0.29) is 24.0 Å². The first-order valence-corrected chi connectivity index (χ1v) is 7.81. The molecule has 23 heavy (non-hydrogen) atoms. The van der Waals surface area contributed by atoms with Crippen molar-refractivity contribution in [3.05, 3.63) is 23.8 Å². The molecule has 0 aliphatic carbocycles. The van der Waals surface area contributed by atoms with Crippen LogP contribution >= 0.6 is 24.0 Å². The van der Waals surface area contributed by atoms with Crippen LogP contribution in [0.1, 0.15) is 32.8 Å². The summed E-state index contributed by atoms with van der Waals surface area (Å²) in [6.45, 7) is 8.79. The van der Waals surface area contributed by atoms with Crippen LogP contribution in [0.4, 0.5) is 0 Å². The molecule has 0 radical (unpaired) electrons. The van der Waals surface area contributed by atoms with Gasteiger partial charge in [0.15, 0.2) is 17.5 Å². The van der Waals surface area contributed by atoms with E-state index in [1.807, 2.05) is 12.1 Å². The molecule has 6 heteroatoms. The minimum Gasteiger partial charge on any atom is -0.454 e. The second kappa shape index (κ2) is 9.20. The summed E-state index contributed by atoms with van der Waals surface area (Å²) in [5, 5.41) is 6.69. The van der Waals surface area contributed by atoms with Gasteiger partial charge in [-0.05, 0) is 36.0 Å². The molecule has 2 rings (SSSR count). The molecule has 1 aliphatic heterocycles. The smallest absolute Gasteiger partial charge is 0.231 e. The maximum atomic E-state index is 5.39. The molecule has 0 saturated heterocycles. The number of guanidine groups is 1. The first-order chi connectivity index (χ1) is 10.5. The van der Waals surface area contributed by atoms with Crippen LogP contribution in [0.25, 0.3) is 0 Å². The molecule has 0 aromatic heterocycles. The molecule has 1 heterocycles. The Hall–Kier alpha value is -1.18. The van der Waals surface area contributed by atoms with Gasteiger partial charge in [-0.15, -0.1) is 24.0 Å². The summed E-state index contributed by atoms with van der Waals surface area (Å²) in [6.07, 6.45) is 2.02. The van der Waals surface area contributed by atoms with Gasteiger partial charge in [-0.25, -0.2) is 0 Å². The second-order valence-electron chi connectivity index (χ2n) is 6.67. The van der Waals surface area contributed by atoms with Crippen LogP contribution < -0.4 is 20.1 Å². The third kappa shape index (κ3) is 6.85. The highest BCUT2D eigenvalue weighted by atomic mass is 127. The van der Waals surface area contributed by atoms with Gasteiger partial charge < -0.3 is 20.1 Å². The van der Waals surface area contributed by atoms with Crippen molar-refractivity contribution in [2.75, 3.05) is 26.9 Å². The molecular formula is C17H28IN3O2. The Kier molecular flexibility index (Phi) is 7.94.